The van der Waals surface area contributed by atoms with E-state index < -0.39 is 17.9 Å². The number of carbonyl (C=O) groups is 2. The summed E-state index contributed by atoms with van der Waals surface area (Å²) in [5.74, 6) is -0.931. The normalized spacial score (nSPS) is 11.7. The van der Waals surface area contributed by atoms with Gasteiger partial charge in [0.25, 0.3) is 11.5 Å². The fourth-order valence-electron chi connectivity index (χ4n) is 3.47. The molecule has 1 amide bonds. The minimum absolute atomic E-state index is 0.109. The number of hydrogen-bond donors (Lipinski definition) is 2. The van der Waals surface area contributed by atoms with Gasteiger partial charge in [-0.15, -0.1) is 0 Å². The van der Waals surface area contributed by atoms with Crippen LogP contribution in [0.15, 0.2) is 83.9 Å². The van der Waals surface area contributed by atoms with Crippen LogP contribution in [0.3, 0.4) is 0 Å². The van der Waals surface area contributed by atoms with Gasteiger partial charge in [-0.3, -0.25) is 14.2 Å². The maximum atomic E-state index is 12.8. The molecule has 1 unspecified atom stereocenters. The number of fused-ring (bicyclic) bond motifs is 1. The molecule has 4 rings (SSSR count). The van der Waals surface area contributed by atoms with Gasteiger partial charge < -0.3 is 15.2 Å². The fraction of sp³-hybridized carbons (Fsp3) is 0.120. The Bertz CT molecular complexity index is 1360. The van der Waals surface area contributed by atoms with Crippen LogP contribution in [0.2, 0.25) is 0 Å². The van der Waals surface area contributed by atoms with Gasteiger partial charge in [0.05, 0.1) is 23.7 Å². The van der Waals surface area contributed by atoms with Crippen LogP contribution in [0.25, 0.3) is 16.6 Å². The largest absolute Gasteiger partial charge is 0.508 e. The average Bonchev–Trinajstić information content (AvgIpc) is 2.85. The molecule has 4 aromatic rings. The number of carbonyl (C=O) groups excluding carboxylic acids is 2. The van der Waals surface area contributed by atoms with Crippen molar-refractivity contribution in [3.8, 4) is 11.4 Å². The molecular weight excluding hydrogens is 422 g/mol. The lowest BCUT2D eigenvalue weighted by atomic mass is 10.0. The molecule has 0 aliphatic heterocycles. The number of aromatic hydroxyl groups is 1. The van der Waals surface area contributed by atoms with E-state index in [0.717, 1.165) is 5.56 Å². The Balaban J connectivity index is 1.53. The summed E-state index contributed by atoms with van der Waals surface area (Å²) in [7, 11) is 1.25. The highest BCUT2D eigenvalue weighted by Gasteiger charge is 2.22. The third kappa shape index (κ3) is 4.74. The number of phenols is 1. The van der Waals surface area contributed by atoms with E-state index in [9.17, 15) is 19.5 Å². The average molecular weight is 443 g/mol. The number of methoxy groups -OCH3 is 1. The van der Waals surface area contributed by atoms with E-state index in [1.807, 2.05) is 6.07 Å². The molecule has 3 aromatic carbocycles. The molecule has 0 bridgehead atoms. The Labute approximate surface area is 189 Å². The molecule has 0 fully saturated rings. The molecule has 33 heavy (non-hydrogen) atoms. The van der Waals surface area contributed by atoms with Crippen molar-refractivity contribution < 1.29 is 19.4 Å². The number of amides is 1. The highest BCUT2D eigenvalue weighted by atomic mass is 16.5. The topological polar surface area (TPSA) is 111 Å². The molecule has 1 atom stereocenters. The third-order valence-electron chi connectivity index (χ3n) is 5.24. The molecule has 1 aromatic heterocycles. The molecule has 8 nitrogen and oxygen atoms in total. The zero-order chi connectivity index (χ0) is 23.4. The first-order chi connectivity index (χ1) is 16.0. The summed E-state index contributed by atoms with van der Waals surface area (Å²) >= 11 is 0. The molecule has 1 heterocycles. The van der Waals surface area contributed by atoms with Gasteiger partial charge in [-0.1, -0.05) is 24.3 Å². The zero-order valence-corrected chi connectivity index (χ0v) is 17.8. The smallest absolute Gasteiger partial charge is 0.328 e. The van der Waals surface area contributed by atoms with E-state index in [-0.39, 0.29) is 17.7 Å². The number of aromatic nitrogens is 2. The maximum absolute atomic E-state index is 12.8. The molecule has 0 radical (unpaired) electrons. The number of hydrogen-bond acceptors (Lipinski definition) is 6. The van der Waals surface area contributed by atoms with Gasteiger partial charge in [-0.05, 0) is 54.1 Å². The number of rotatable bonds is 6. The molecule has 0 spiro atoms. The van der Waals surface area contributed by atoms with Gasteiger partial charge in [-0.2, -0.15) is 0 Å². The Morgan fingerprint density at radius 3 is 2.42 bits per heavy atom. The van der Waals surface area contributed by atoms with E-state index in [1.165, 1.54) is 30.1 Å². The van der Waals surface area contributed by atoms with Crippen molar-refractivity contribution in [2.75, 3.05) is 7.11 Å². The summed E-state index contributed by atoms with van der Waals surface area (Å²) in [6, 6.07) is 18.9. The van der Waals surface area contributed by atoms with Crippen molar-refractivity contribution in [2.24, 2.45) is 0 Å². The van der Waals surface area contributed by atoms with Gasteiger partial charge in [0.15, 0.2) is 0 Å². The monoisotopic (exact) mass is 443 g/mol. The van der Waals surface area contributed by atoms with E-state index >= 15 is 0 Å². The summed E-state index contributed by atoms with van der Waals surface area (Å²) in [4.78, 5) is 42.1. The SMILES string of the molecule is COC(=O)C(Cc1ccc(O)cc1)NC(=O)c1ccc(-n2cnc3ccccc3c2=O)cc1. The molecular formula is C25H21N3O5. The Hall–Kier alpha value is -4.46. The van der Waals surface area contributed by atoms with Crippen molar-refractivity contribution in [3.63, 3.8) is 0 Å². The number of ether oxygens (including phenoxy) is 1. The van der Waals surface area contributed by atoms with Crippen molar-refractivity contribution in [1.82, 2.24) is 14.9 Å². The lowest BCUT2D eigenvalue weighted by molar-refractivity contribution is -0.142. The Morgan fingerprint density at radius 1 is 1.03 bits per heavy atom. The van der Waals surface area contributed by atoms with E-state index in [2.05, 4.69) is 10.3 Å². The number of para-hydroxylation sites is 1. The minimum atomic E-state index is -0.904. The number of nitrogens with zero attached hydrogens (tertiary/aromatic N) is 2. The summed E-state index contributed by atoms with van der Waals surface area (Å²) < 4.78 is 6.23. The molecule has 8 heteroatoms. The number of esters is 1. The van der Waals surface area contributed by atoms with Gasteiger partial charge in [0.1, 0.15) is 18.1 Å². The lowest BCUT2D eigenvalue weighted by Crippen LogP contribution is -2.43. The van der Waals surface area contributed by atoms with Crippen LogP contribution in [-0.4, -0.2) is 39.7 Å². The highest BCUT2D eigenvalue weighted by molar-refractivity contribution is 5.97. The quantitative estimate of drug-likeness (QED) is 0.443. The standard InChI is InChI=1S/C25H21N3O5/c1-33-25(32)22(14-16-6-12-19(29)13-7-16)27-23(30)17-8-10-18(11-9-17)28-15-26-21-5-3-2-4-20(21)24(28)31/h2-13,15,22,29H,14H2,1H3,(H,27,30). The molecule has 0 saturated carbocycles. The summed E-state index contributed by atoms with van der Waals surface area (Å²) in [6.45, 7) is 0. The van der Waals surface area contributed by atoms with E-state index in [0.29, 0.717) is 22.2 Å². The highest BCUT2D eigenvalue weighted by Crippen LogP contribution is 2.14. The summed E-state index contributed by atoms with van der Waals surface area (Å²) in [5.41, 5.74) is 2.03. The molecule has 0 aliphatic carbocycles. The number of phenolic OH excluding ortho intramolecular Hbond substituents is 1. The van der Waals surface area contributed by atoms with Crippen LogP contribution in [-0.2, 0) is 16.0 Å². The molecule has 0 aliphatic rings. The van der Waals surface area contributed by atoms with Crippen LogP contribution in [0.1, 0.15) is 15.9 Å². The molecule has 2 N–H and O–H groups in total. The van der Waals surface area contributed by atoms with Gasteiger partial charge in [0.2, 0.25) is 0 Å². The minimum Gasteiger partial charge on any atom is -0.508 e. The second-order valence-corrected chi connectivity index (χ2v) is 7.40. The Kier molecular flexibility index (Phi) is 6.17. The van der Waals surface area contributed by atoms with Crippen LogP contribution in [0.5, 0.6) is 5.75 Å². The second-order valence-electron chi connectivity index (χ2n) is 7.40. The lowest BCUT2D eigenvalue weighted by Gasteiger charge is -2.17. The van der Waals surface area contributed by atoms with Crippen molar-refractivity contribution in [3.05, 3.63) is 101 Å². The predicted molar refractivity (Wildman–Crippen MR) is 122 cm³/mol. The number of benzene rings is 3. The summed E-state index contributed by atoms with van der Waals surface area (Å²) in [6.07, 6.45) is 1.65. The van der Waals surface area contributed by atoms with Gasteiger partial charge >= 0.3 is 5.97 Å². The number of nitrogens with one attached hydrogen (secondary N) is 1. The third-order valence-corrected chi connectivity index (χ3v) is 5.24. The molecule has 166 valence electrons. The molecule has 0 saturated heterocycles. The first-order valence-electron chi connectivity index (χ1n) is 10.2. The second kappa shape index (κ2) is 9.35. The predicted octanol–water partition coefficient (Wildman–Crippen LogP) is 2.61. The van der Waals surface area contributed by atoms with Gasteiger partial charge in [0, 0.05) is 12.0 Å². The summed E-state index contributed by atoms with van der Waals surface area (Å²) in [5, 5.41) is 12.6. The van der Waals surface area contributed by atoms with Crippen molar-refractivity contribution >= 4 is 22.8 Å². The first kappa shape index (κ1) is 21.8. The Morgan fingerprint density at radius 2 is 1.73 bits per heavy atom. The van der Waals surface area contributed by atoms with Crippen LogP contribution < -0.4 is 10.9 Å². The van der Waals surface area contributed by atoms with Gasteiger partial charge in [-0.25, -0.2) is 9.78 Å². The van der Waals surface area contributed by atoms with E-state index in [4.69, 9.17) is 4.74 Å². The van der Waals surface area contributed by atoms with Crippen LogP contribution >= 0.6 is 0 Å². The van der Waals surface area contributed by atoms with Crippen molar-refractivity contribution in [2.45, 2.75) is 12.5 Å². The fourth-order valence-corrected chi connectivity index (χ4v) is 3.47. The van der Waals surface area contributed by atoms with Crippen molar-refractivity contribution in [1.29, 1.82) is 0 Å². The first-order valence-corrected chi connectivity index (χ1v) is 10.2. The van der Waals surface area contributed by atoms with Crippen LogP contribution in [0, 0.1) is 0 Å². The van der Waals surface area contributed by atoms with Crippen LogP contribution in [0.4, 0.5) is 0 Å². The zero-order valence-electron chi connectivity index (χ0n) is 17.8. The van der Waals surface area contributed by atoms with E-state index in [1.54, 1.807) is 54.6 Å². The maximum Gasteiger partial charge on any atom is 0.328 e.